The third-order valence-electron chi connectivity index (χ3n) is 8.00. The van der Waals surface area contributed by atoms with Crippen molar-refractivity contribution in [3.8, 4) is 0 Å². The van der Waals surface area contributed by atoms with Crippen LogP contribution in [-0.2, 0) is 40.1 Å². The number of amides is 7. The fourth-order valence-corrected chi connectivity index (χ4v) is 4.76. The minimum atomic E-state index is -0.571. The van der Waals surface area contributed by atoms with Crippen LogP contribution in [0.15, 0.2) is 24.5 Å². The largest absolute Gasteiger partial charge is 0.356 e. The molecular weight excluding hydrogens is 692 g/mol. The number of nitrogens with zero attached hydrogens (tertiary/aromatic N) is 4. The van der Waals surface area contributed by atoms with E-state index >= 15 is 0 Å². The highest BCUT2D eigenvalue weighted by molar-refractivity contribution is 5.84. The average molecular weight is 751 g/mol. The van der Waals surface area contributed by atoms with Crippen molar-refractivity contribution in [2.24, 2.45) is 0 Å². The minimum absolute atomic E-state index is 0.0615. The van der Waals surface area contributed by atoms with Gasteiger partial charge in [-0.05, 0) is 75.5 Å². The molecule has 0 aliphatic heterocycles. The van der Waals surface area contributed by atoms with E-state index in [2.05, 4.69) is 26.3 Å². The first-order valence-electron chi connectivity index (χ1n) is 18.3. The second kappa shape index (κ2) is 28.9. The van der Waals surface area contributed by atoms with Crippen LogP contribution in [0, 0.1) is 0 Å². The molecule has 1 aromatic rings. The molecule has 0 aliphatic rings. The number of hydroxylamine groups is 6. The number of carbonyl (C=O) groups is 7. The lowest BCUT2D eigenvalue weighted by atomic mass is 10.2. The van der Waals surface area contributed by atoms with Crippen molar-refractivity contribution in [1.82, 2.24) is 41.4 Å². The van der Waals surface area contributed by atoms with Gasteiger partial charge in [-0.3, -0.25) is 54.2 Å². The van der Waals surface area contributed by atoms with E-state index in [-0.39, 0.29) is 81.8 Å². The van der Waals surface area contributed by atoms with Crippen molar-refractivity contribution in [3.05, 3.63) is 30.1 Å². The van der Waals surface area contributed by atoms with Crippen LogP contribution in [-0.4, -0.2) is 116 Å². The lowest BCUT2D eigenvalue weighted by Gasteiger charge is -2.15. The molecule has 7 N–H and O–H groups in total. The van der Waals surface area contributed by atoms with Gasteiger partial charge in [0.05, 0.1) is 0 Å². The first kappa shape index (κ1) is 46.3. The number of carbonyl (C=O) groups excluding carboxylic acids is 7. The standard InChI is InChI=1S/C35H58N8O10/c1-28(44)41(51)24-8-2-5-20-38-31(46)13-15-34(49)43(53)26-10-4-7-21-39-32(47)14-16-35(50)42(52)25-9-3-6-19-37-30(45)11-12-33(48)40-27-29-17-22-36-23-18-29/h17-18,22-23,51-53H,2-16,19-21,24-27H2,1H3,(H,37,45)(H,38,46)(H,39,47)(H,40,48). The molecule has 298 valence electrons. The molecule has 0 radical (unpaired) electrons. The van der Waals surface area contributed by atoms with Crippen LogP contribution in [0.3, 0.4) is 0 Å². The zero-order valence-electron chi connectivity index (χ0n) is 30.9. The molecule has 1 aromatic heterocycles. The Labute approximate surface area is 310 Å². The van der Waals surface area contributed by atoms with Crippen LogP contribution in [0.1, 0.15) is 109 Å². The monoisotopic (exact) mass is 750 g/mol. The van der Waals surface area contributed by atoms with Gasteiger partial charge in [-0.1, -0.05) is 0 Å². The summed E-state index contributed by atoms with van der Waals surface area (Å²) in [5, 5.41) is 41.9. The van der Waals surface area contributed by atoms with Gasteiger partial charge >= 0.3 is 0 Å². The van der Waals surface area contributed by atoms with Crippen LogP contribution < -0.4 is 21.3 Å². The molecule has 0 saturated carbocycles. The van der Waals surface area contributed by atoms with Gasteiger partial charge in [-0.15, -0.1) is 0 Å². The normalized spacial score (nSPS) is 10.6. The SMILES string of the molecule is CC(=O)N(O)CCCCCNC(=O)CCC(=O)N(O)CCCCCNC(=O)CCC(=O)N(O)CCCCCNC(=O)CCC(=O)NCc1ccncc1. The van der Waals surface area contributed by atoms with E-state index in [0.29, 0.717) is 99.2 Å². The van der Waals surface area contributed by atoms with Crippen LogP contribution in [0.2, 0.25) is 0 Å². The molecule has 0 atom stereocenters. The van der Waals surface area contributed by atoms with Gasteiger partial charge in [0.25, 0.3) is 0 Å². The number of hydrogen-bond acceptors (Lipinski definition) is 11. The number of nitrogens with one attached hydrogen (secondary N) is 4. The highest BCUT2D eigenvalue weighted by atomic mass is 16.5. The van der Waals surface area contributed by atoms with Gasteiger partial charge in [0, 0.05) is 104 Å². The Bertz CT molecular complexity index is 1270. The van der Waals surface area contributed by atoms with Gasteiger partial charge in [-0.2, -0.15) is 0 Å². The molecule has 0 aliphatic carbocycles. The molecule has 0 aromatic carbocycles. The van der Waals surface area contributed by atoms with Crippen LogP contribution in [0.25, 0.3) is 0 Å². The second-order valence-corrected chi connectivity index (χ2v) is 12.5. The molecule has 18 nitrogen and oxygen atoms in total. The Kier molecular flexibility index (Phi) is 25.2. The molecule has 1 heterocycles. The Morgan fingerprint density at radius 3 is 1.26 bits per heavy atom. The maximum absolute atomic E-state index is 12.2. The number of pyridine rings is 1. The molecule has 0 saturated heterocycles. The topological polar surface area (TPSA) is 251 Å². The van der Waals surface area contributed by atoms with Gasteiger partial charge in [-0.25, -0.2) is 15.2 Å². The summed E-state index contributed by atoms with van der Waals surface area (Å²) >= 11 is 0. The maximum Gasteiger partial charge on any atom is 0.246 e. The summed E-state index contributed by atoms with van der Waals surface area (Å²) in [6.07, 6.45) is 8.42. The van der Waals surface area contributed by atoms with E-state index in [0.717, 1.165) is 5.56 Å². The Hall–Kier alpha value is -4.68. The first-order chi connectivity index (χ1) is 25.4. The number of aromatic nitrogens is 1. The van der Waals surface area contributed by atoms with Crippen LogP contribution >= 0.6 is 0 Å². The van der Waals surface area contributed by atoms with Crippen LogP contribution in [0.5, 0.6) is 0 Å². The maximum atomic E-state index is 12.2. The molecule has 0 fully saturated rings. The summed E-state index contributed by atoms with van der Waals surface area (Å²) in [4.78, 5) is 87.0. The third kappa shape index (κ3) is 25.0. The molecular formula is C35H58N8O10. The Morgan fingerprint density at radius 2 is 0.868 bits per heavy atom. The van der Waals surface area contributed by atoms with E-state index in [4.69, 9.17) is 0 Å². The van der Waals surface area contributed by atoms with Gasteiger partial charge in [0.1, 0.15) is 0 Å². The number of unbranched alkanes of at least 4 members (excludes halogenated alkanes) is 6. The predicted molar refractivity (Wildman–Crippen MR) is 191 cm³/mol. The quantitative estimate of drug-likeness (QED) is 0.0352. The fourth-order valence-electron chi connectivity index (χ4n) is 4.76. The van der Waals surface area contributed by atoms with Crippen molar-refractivity contribution in [2.75, 3.05) is 39.3 Å². The summed E-state index contributed by atoms with van der Waals surface area (Å²) in [6.45, 7) is 3.20. The van der Waals surface area contributed by atoms with Gasteiger partial charge in [0.15, 0.2) is 0 Å². The molecule has 0 spiro atoms. The van der Waals surface area contributed by atoms with Crippen molar-refractivity contribution in [1.29, 1.82) is 0 Å². The highest BCUT2D eigenvalue weighted by Crippen LogP contribution is 2.04. The van der Waals surface area contributed by atoms with Gasteiger partial charge < -0.3 is 21.3 Å². The molecule has 18 heteroatoms. The van der Waals surface area contributed by atoms with Crippen molar-refractivity contribution in [3.63, 3.8) is 0 Å². The zero-order chi connectivity index (χ0) is 39.3. The minimum Gasteiger partial charge on any atom is -0.356 e. The first-order valence-corrected chi connectivity index (χ1v) is 18.3. The van der Waals surface area contributed by atoms with Gasteiger partial charge in [0.2, 0.25) is 41.4 Å². The van der Waals surface area contributed by atoms with Crippen molar-refractivity contribution in [2.45, 2.75) is 110 Å². The smallest absolute Gasteiger partial charge is 0.246 e. The summed E-state index contributed by atoms with van der Waals surface area (Å²) in [6, 6.07) is 3.59. The summed E-state index contributed by atoms with van der Waals surface area (Å²) in [5.41, 5.74) is 0.917. The second-order valence-electron chi connectivity index (χ2n) is 12.5. The van der Waals surface area contributed by atoms with E-state index in [1.807, 2.05) is 0 Å². The fraction of sp³-hybridized carbons (Fsp3) is 0.657. The molecule has 0 unspecified atom stereocenters. The highest BCUT2D eigenvalue weighted by Gasteiger charge is 2.15. The predicted octanol–water partition coefficient (Wildman–Crippen LogP) is 1.57. The van der Waals surface area contributed by atoms with E-state index < -0.39 is 17.7 Å². The number of rotatable bonds is 29. The zero-order valence-corrected chi connectivity index (χ0v) is 30.9. The Balaban J connectivity index is 1.98. The molecule has 1 rings (SSSR count). The molecule has 53 heavy (non-hydrogen) atoms. The summed E-state index contributed by atoms with van der Waals surface area (Å²) < 4.78 is 0. The van der Waals surface area contributed by atoms with E-state index in [9.17, 15) is 49.2 Å². The van der Waals surface area contributed by atoms with E-state index in [1.54, 1.807) is 24.5 Å². The van der Waals surface area contributed by atoms with Crippen molar-refractivity contribution < 1.29 is 49.2 Å². The van der Waals surface area contributed by atoms with E-state index in [1.165, 1.54) is 6.92 Å². The van der Waals surface area contributed by atoms with Crippen molar-refractivity contribution >= 4 is 41.4 Å². The summed E-state index contributed by atoms with van der Waals surface area (Å²) in [5.74, 6) is -2.67. The lowest BCUT2D eigenvalue weighted by molar-refractivity contribution is -0.166. The Morgan fingerprint density at radius 1 is 0.509 bits per heavy atom. The summed E-state index contributed by atoms with van der Waals surface area (Å²) in [7, 11) is 0. The average Bonchev–Trinajstić information content (AvgIpc) is 3.15. The lowest BCUT2D eigenvalue weighted by Crippen LogP contribution is -2.31. The molecule has 7 amide bonds. The molecule has 0 bridgehead atoms. The number of hydrogen-bond donors (Lipinski definition) is 7. The van der Waals surface area contributed by atoms with Crippen LogP contribution in [0.4, 0.5) is 0 Å². The third-order valence-corrected chi connectivity index (χ3v) is 8.00.